The summed E-state index contributed by atoms with van der Waals surface area (Å²) in [5.74, 6) is -2.16. The first-order valence-electron chi connectivity index (χ1n) is 9.15. The number of para-hydroxylation sites is 1. The van der Waals surface area contributed by atoms with Crippen molar-refractivity contribution in [2.45, 2.75) is 19.9 Å². The van der Waals surface area contributed by atoms with Crippen molar-refractivity contribution >= 4 is 46.6 Å². The van der Waals surface area contributed by atoms with Crippen molar-refractivity contribution in [2.24, 2.45) is 5.92 Å². The van der Waals surface area contributed by atoms with Crippen molar-refractivity contribution in [3.8, 4) is 0 Å². The quantitative estimate of drug-likeness (QED) is 0.665. The molecule has 1 unspecified atom stereocenters. The molecule has 2 rings (SSSR count). The van der Waals surface area contributed by atoms with Gasteiger partial charge in [0.15, 0.2) is 0 Å². The summed E-state index contributed by atoms with van der Waals surface area (Å²) in [6, 6.07) is 8.93. The van der Waals surface area contributed by atoms with Gasteiger partial charge in [-0.1, -0.05) is 43.1 Å². The van der Waals surface area contributed by atoms with E-state index in [9.17, 15) is 18.8 Å². The predicted octanol–water partition coefficient (Wildman–Crippen LogP) is 3.98. The fourth-order valence-electron chi connectivity index (χ4n) is 2.67. The van der Waals surface area contributed by atoms with Crippen LogP contribution in [0.3, 0.4) is 0 Å². The van der Waals surface area contributed by atoms with E-state index in [0.29, 0.717) is 0 Å². The first kappa shape index (κ1) is 23.6. The number of likely N-dealkylation sites (N-methyl/N-ethyl adjacent to an activating group) is 1. The number of carbonyl (C=O) groups is 3. The standard InChI is InChI=1S/C21H22Cl2FN3O3/c1-12(2)18(26-20(29)13-7-9-14(24)10-8-13)21(30)27(3)11-17(28)25-19-15(22)5-4-6-16(19)23/h4-10,12,18H,11H2,1-3H3,(H,25,28)(H,26,29). The molecule has 6 nitrogen and oxygen atoms in total. The molecule has 0 aliphatic heterocycles. The lowest BCUT2D eigenvalue weighted by atomic mass is 10.0. The molecule has 160 valence electrons. The van der Waals surface area contributed by atoms with Crippen molar-refractivity contribution in [1.82, 2.24) is 10.2 Å². The highest BCUT2D eigenvalue weighted by atomic mass is 35.5. The number of rotatable bonds is 7. The van der Waals surface area contributed by atoms with E-state index in [2.05, 4.69) is 10.6 Å². The minimum atomic E-state index is -0.871. The number of benzene rings is 2. The van der Waals surface area contributed by atoms with Gasteiger partial charge in [0.05, 0.1) is 22.3 Å². The Morgan fingerprint density at radius 3 is 2.13 bits per heavy atom. The molecule has 0 aromatic heterocycles. The fraction of sp³-hybridized carbons (Fsp3) is 0.286. The Balaban J connectivity index is 2.04. The Morgan fingerprint density at radius 1 is 1.03 bits per heavy atom. The number of halogens is 3. The number of anilines is 1. The smallest absolute Gasteiger partial charge is 0.251 e. The van der Waals surface area contributed by atoms with Crippen LogP contribution in [-0.4, -0.2) is 42.3 Å². The average molecular weight is 454 g/mol. The summed E-state index contributed by atoms with van der Waals surface area (Å²) in [7, 11) is 1.45. The number of nitrogens with zero attached hydrogens (tertiary/aromatic N) is 1. The summed E-state index contributed by atoms with van der Waals surface area (Å²) in [5.41, 5.74) is 0.486. The SMILES string of the molecule is CC(C)C(NC(=O)c1ccc(F)cc1)C(=O)N(C)CC(=O)Nc1c(Cl)cccc1Cl. The third kappa shape index (κ3) is 6.18. The molecular formula is C21H22Cl2FN3O3. The van der Waals surface area contributed by atoms with Gasteiger partial charge in [0.25, 0.3) is 5.91 Å². The number of hydrogen-bond donors (Lipinski definition) is 2. The maximum Gasteiger partial charge on any atom is 0.251 e. The summed E-state index contributed by atoms with van der Waals surface area (Å²) in [5, 5.41) is 5.78. The third-order valence-electron chi connectivity index (χ3n) is 4.31. The molecule has 9 heteroatoms. The van der Waals surface area contributed by atoms with Gasteiger partial charge in [0.1, 0.15) is 11.9 Å². The number of carbonyl (C=O) groups excluding carboxylic acids is 3. The normalized spacial score (nSPS) is 11.7. The minimum absolute atomic E-state index is 0.226. The lowest BCUT2D eigenvalue weighted by Crippen LogP contribution is -2.51. The predicted molar refractivity (Wildman–Crippen MR) is 115 cm³/mol. The summed E-state index contributed by atoms with van der Waals surface area (Å²) in [6.45, 7) is 3.27. The fourth-order valence-corrected chi connectivity index (χ4v) is 3.16. The van der Waals surface area contributed by atoms with Gasteiger partial charge in [-0.15, -0.1) is 0 Å². The lowest BCUT2D eigenvalue weighted by molar-refractivity contribution is -0.135. The van der Waals surface area contributed by atoms with Gasteiger partial charge < -0.3 is 15.5 Å². The molecule has 0 radical (unpaired) electrons. The first-order chi connectivity index (χ1) is 14.1. The van der Waals surface area contributed by atoms with Crippen LogP contribution in [0.1, 0.15) is 24.2 Å². The molecule has 2 N–H and O–H groups in total. The Kier molecular flexibility index (Phi) is 8.20. The molecule has 0 heterocycles. The molecule has 30 heavy (non-hydrogen) atoms. The molecule has 0 saturated carbocycles. The molecule has 0 saturated heterocycles. The second-order valence-corrected chi connectivity index (χ2v) is 7.86. The van der Waals surface area contributed by atoms with E-state index in [1.165, 1.54) is 24.1 Å². The van der Waals surface area contributed by atoms with E-state index >= 15 is 0 Å². The van der Waals surface area contributed by atoms with Crippen LogP contribution in [0.25, 0.3) is 0 Å². The van der Waals surface area contributed by atoms with Gasteiger partial charge in [0, 0.05) is 12.6 Å². The Hall–Kier alpha value is -2.64. The Bertz CT molecular complexity index is 915. The van der Waals surface area contributed by atoms with E-state index in [0.717, 1.165) is 12.1 Å². The van der Waals surface area contributed by atoms with Gasteiger partial charge in [-0.2, -0.15) is 0 Å². The monoisotopic (exact) mass is 453 g/mol. The second kappa shape index (κ2) is 10.4. The van der Waals surface area contributed by atoms with Gasteiger partial charge in [-0.3, -0.25) is 14.4 Å². The summed E-state index contributed by atoms with van der Waals surface area (Å²) in [6.07, 6.45) is 0. The zero-order valence-corrected chi connectivity index (χ0v) is 18.2. The number of hydrogen-bond acceptors (Lipinski definition) is 3. The minimum Gasteiger partial charge on any atom is -0.340 e. The summed E-state index contributed by atoms with van der Waals surface area (Å²) < 4.78 is 13.1. The highest BCUT2D eigenvalue weighted by Gasteiger charge is 2.28. The van der Waals surface area contributed by atoms with Crippen molar-refractivity contribution in [3.63, 3.8) is 0 Å². The highest BCUT2D eigenvalue weighted by Crippen LogP contribution is 2.29. The van der Waals surface area contributed by atoms with Crippen LogP contribution in [0.2, 0.25) is 10.0 Å². The molecule has 1 atom stereocenters. The van der Waals surface area contributed by atoms with Crippen LogP contribution in [0.4, 0.5) is 10.1 Å². The van der Waals surface area contributed by atoms with Gasteiger partial charge in [-0.05, 0) is 42.3 Å². The average Bonchev–Trinajstić information content (AvgIpc) is 2.68. The molecule has 0 aliphatic rings. The largest absolute Gasteiger partial charge is 0.340 e. The van der Waals surface area contributed by atoms with Gasteiger partial charge in [0.2, 0.25) is 11.8 Å². The maximum atomic E-state index is 13.1. The molecule has 0 aliphatic carbocycles. The maximum absolute atomic E-state index is 13.1. The van der Waals surface area contributed by atoms with Crippen LogP contribution in [0, 0.1) is 11.7 Å². The van der Waals surface area contributed by atoms with Crippen LogP contribution in [-0.2, 0) is 9.59 Å². The highest BCUT2D eigenvalue weighted by molar-refractivity contribution is 6.39. The van der Waals surface area contributed by atoms with E-state index < -0.39 is 29.6 Å². The zero-order valence-electron chi connectivity index (χ0n) is 16.7. The van der Waals surface area contributed by atoms with E-state index in [4.69, 9.17) is 23.2 Å². The molecule has 0 fully saturated rings. The Labute approximate surface area is 184 Å². The summed E-state index contributed by atoms with van der Waals surface area (Å²) >= 11 is 12.1. The van der Waals surface area contributed by atoms with Gasteiger partial charge >= 0.3 is 0 Å². The molecule has 0 bridgehead atoms. The summed E-state index contributed by atoms with van der Waals surface area (Å²) in [4.78, 5) is 38.8. The molecule has 2 aromatic rings. The molecular weight excluding hydrogens is 432 g/mol. The van der Waals surface area contributed by atoms with E-state index in [-0.39, 0.29) is 33.8 Å². The number of amides is 3. The van der Waals surface area contributed by atoms with Crippen molar-refractivity contribution in [1.29, 1.82) is 0 Å². The van der Waals surface area contributed by atoms with E-state index in [1.54, 1.807) is 32.0 Å². The topological polar surface area (TPSA) is 78.5 Å². The van der Waals surface area contributed by atoms with Crippen LogP contribution >= 0.6 is 23.2 Å². The molecule has 0 spiro atoms. The van der Waals surface area contributed by atoms with Crippen molar-refractivity contribution in [3.05, 3.63) is 63.9 Å². The van der Waals surface area contributed by atoms with Crippen molar-refractivity contribution < 1.29 is 18.8 Å². The zero-order chi connectivity index (χ0) is 22.4. The molecule has 3 amide bonds. The third-order valence-corrected chi connectivity index (χ3v) is 4.94. The first-order valence-corrected chi connectivity index (χ1v) is 9.91. The van der Waals surface area contributed by atoms with Gasteiger partial charge in [-0.25, -0.2) is 4.39 Å². The Morgan fingerprint density at radius 2 is 1.60 bits per heavy atom. The van der Waals surface area contributed by atoms with E-state index in [1.807, 2.05) is 0 Å². The number of nitrogens with one attached hydrogen (secondary N) is 2. The molecule has 2 aromatic carbocycles. The lowest BCUT2D eigenvalue weighted by Gasteiger charge is -2.27. The van der Waals surface area contributed by atoms with Crippen molar-refractivity contribution in [2.75, 3.05) is 18.9 Å². The van der Waals surface area contributed by atoms with Crippen LogP contribution < -0.4 is 10.6 Å². The van der Waals surface area contributed by atoms with Crippen LogP contribution in [0.5, 0.6) is 0 Å². The van der Waals surface area contributed by atoms with Crippen LogP contribution in [0.15, 0.2) is 42.5 Å². The second-order valence-electron chi connectivity index (χ2n) is 7.04.